The van der Waals surface area contributed by atoms with Gasteiger partial charge >= 0.3 is 0 Å². The van der Waals surface area contributed by atoms with Crippen LogP contribution in [0.25, 0.3) is 11.5 Å². The number of rotatable bonds is 7. The van der Waals surface area contributed by atoms with Crippen molar-refractivity contribution in [3.05, 3.63) is 87.9 Å². The Balaban J connectivity index is 1.09. The van der Waals surface area contributed by atoms with Gasteiger partial charge in [0.05, 0.1) is 16.3 Å². The fraction of sp³-hybridized carbons (Fsp3) is 0.185. The molecule has 0 radical (unpaired) electrons. The summed E-state index contributed by atoms with van der Waals surface area (Å²) >= 11 is 10.8. The van der Waals surface area contributed by atoms with Crippen molar-refractivity contribution in [2.75, 3.05) is 42.1 Å². The van der Waals surface area contributed by atoms with Gasteiger partial charge < -0.3 is 19.5 Å². The number of hydrogen-bond donors (Lipinski definition) is 1. The highest BCUT2D eigenvalue weighted by Gasteiger charge is 2.23. The molecule has 194 valence electrons. The Morgan fingerprint density at radius 3 is 2.47 bits per heavy atom. The second kappa shape index (κ2) is 12.0. The summed E-state index contributed by atoms with van der Waals surface area (Å²) in [5, 5.41) is 11.8. The van der Waals surface area contributed by atoms with E-state index in [9.17, 15) is 9.59 Å². The summed E-state index contributed by atoms with van der Waals surface area (Å²) < 4.78 is 6.58. The van der Waals surface area contributed by atoms with Crippen LogP contribution in [0.4, 0.5) is 11.4 Å². The molecule has 1 fully saturated rings. The lowest BCUT2D eigenvalue weighted by atomic mass is 10.1. The van der Waals surface area contributed by atoms with Gasteiger partial charge in [-0.15, -0.1) is 10.2 Å². The van der Waals surface area contributed by atoms with Gasteiger partial charge in [0.15, 0.2) is 0 Å². The summed E-state index contributed by atoms with van der Waals surface area (Å²) in [6.07, 6.45) is 0. The molecule has 0 spiro atoms. The molecular formula is C27H23BrClN5O3S. The van der Waals surface area contributed by atoms with Crippen molar-refractivity contribution < 1.29 is 14.0 Å². The number of amides is 2. The van der Waals surface area contributed by atoms with E-state index in [1.807, 2.05) is 65.6 Å². The van der Waals surface area contributed by atoms with Crippen molar-refractivity contribution in [3.63, 3.8) is 0 Å². The Labute approximate surface area is 237 Å². The van der Waals surface area contributed by atoms with Crippen LogP contribution in [0.15, 0.2) is 86.9 Å². The van der Waals surface area contributed by atoms with Gasteiger partial charge in [0, 0.05) is 47.6 Å². The highest BCUT2D eigenvalue weighted by atomic mass is 79.9. The van der Waals surface area contributed by atoms with Gasteiger partial charge in [0.25, 0.3) is 11.1 Å². The van der Waals surface area contributed by atoms with E-state index in [0.29, 0.717) is 53.6 Å². The molecule has 0 saturated carbocycles. The van der Waals surface area contributed by atoms with E-state index in [1.165, 1.54) is 11.8 Å². The molecule has 2 heterocycles. The van der Waals surface area contributed by atoms with Gasteiger partial charge in [-0.1, -0.05) is 57.5 Å². The van der Waals surface area contributed by atoms with E-state index in [0.717, 1.165) is 15.7 Å². The normalized spacial score (nSPS) is 13.4. The van der Waals surface area contributed by atoms with Gasteiger partial charge in [0.1, 0.15) is 0 Å². The molecule has 0 bridgehead atoms. The van der Waals surface area contributed by atoms with Crippen LogP contribution >= 0.6 is 39.3 Å². The van der Waals surface area contributed by atoms with Crippen LogP contribution in [0.3, 0.4) is 0 Å². The minimum Gasteiger partial charge on any atom is -0.411 e. The SMILES string of the molecule is O=C(CSc1nnc(-c2cccc(Br)c2)o1)Nc1ccc(N2CCN(C(=O)c3ccccc3Cl)CC2)cc1. The van der Waals surface area contributed by atoms with E-state index in [2.05, 4.69) is 36.3 Å². The van der Waals surface area contributed by atoms with E-state index in [1.54, 1.807) is 12.1 Å². The number of thioether (sulfide) groups is 1. The zero-order valence-electron chi connectivity index (χ0n) is 20.1. The lowest BCUT2D eigenvalue weighted by Crippen LogP contribution is -2.48. The smallest absolute Gasteiger partial charge is 0.277 e. The summed E-state index contributed by atoms with van der Waals surface area (Å²) in [5.74, 6) is 0.329. The number of benzene rings is 3. The molecule has 8 nitrogen and oxygen atoms in total. The van der Waals surface area contributed by atoms with Crippen LogP contribution in [0.5, 0.6) is 0 Å². The maximum absolute atomic E-state index is 12.8. The lowest BCUT2D eigenvalue weighted by Gasteiger charge is -2.36. The largest absolute Gasteiger partial charge is 0.411 e. The first kappa shape index (κ1) is 26.3. The fourth-order valence-corrected chi connectivity index (χ4v) is 5.24. The Kier molecular flexibility index (Phi) is 8.31. The first-order valence-corrected chi connectivity index (χ1v) is 14.0. The van der Waals surface area contributed by atoms with Crippen LogP contribution in [-0.2, 0) is 4.79 Å². The molecule has 5 rings (SSSR count). The van der Waals surface area contributed by atoms with E-state index in [4.69, 9.17) is 16.0 Å². The molecule has 1 aliphatic rings. The third-order valence-corrected chi connectivity index (χ3v) is 7.63. The van der Waals surface area contributed by atoms with Crippen LogP contribution < -0.4 is 10.2 Å². The molecule has 38 heavy (non-hydrogen) atoms. The fourth-order valence-electron chi connectivity index (χ4n) is 4.06. The predicted octanol–water partition coefficient (Wildman–Crippen LogP) is 5.85. The van der Waals surface area contributed by atoms with Crippen LogP contribution in [0.1, 0.15) is 10.4 Å². The third-order valence-electron chi connectivity index (χ3n) is 5.99. The number of nitrogens with one attached hydrogen (secondary N) is 1. The monoisotopic (exact) mass is 611 g/mol. The Bertz CT molecular complexity index is 1440. The van der Waals surface area contributed by atoms with Gasteiger partial charge in [-0.05, 0) is 54.6 Å². The van der Waals surface area contributed by atoms with Crippen LogP contribution in [0, 0.1) is 0 Å². The van der Waals surface area contributed by atoms with E-state index >= 15 is 0 Å². The van der Waals surface area contributed by atoms with Crippen molar-refractivity contribution in [1.82, 2.24) is 15.1 Å². The molecule has 0 aliphatic carbocycles. The second-order valence-corrected chi connectivity index (χ2v) is 10.8. The molecule has 2 amide bonds. The van der Waals surface area contributed by atoms with Gasteiger partial charge in [-0.3, -0.25) is 9.59 Å². The average molecular weight is 613 g/mol. The van der Waals surface area contributed by atoms with Crippen molar-refractivity contribution in [2.45, 2.75) is 5.22 Å². The molecule has 1 saturated heterocycles. The highest BCUT2D eigenvalue weighted by Crippen LogP contribution is 2.26. The maximum Gasteiger partial charge on any atom is 0.277 e. The van der Waals surface area contributed by atoms with Crippen LogP contribution in [-0.4, -0.2) is 58.8 Å². The minimum absolute atomic E-state index is 0.0453. The topological polar surface area (TPSA) is 91.6 Å². The van der Waals surface area contributed by atoms with Crippen molar-refractivity contribution in [1.29, 1.82) is 0 Å². The number of nitrogens with zero attached hydrogens (tertiary/aromatic N) is 4. The number of carbonyl (C=O) groups excluding carboxylic acids is 2. The molecule has 4 aromatic rings. The zero-order chi connectivity index (χ0) is 26.5. The van der Waals surface area contributed by atoms with E-state index < -0.39 is 0 Å². The molecule has 3 aromatic carbocycles. The van der Waals surface area contributed by atoms with Crippen LogP contribution in [0.2, 0.25) is 5.02 Å². The summed E-state index contributed by atoms with van der Waals surface area (Å²) in [4.78, 5) is 29.3. The maximum atomic E-state index is 12.8. The third kappa shape index (κ3) is 6.38. The second-order valence-electron chi connectivity index (χ2n) is 8.53. The van der Waals surface area contributed by atoms with Crippen molar-refractivity contribution >= 4 is 62.5 Å². The highest BCUT2D eigenvalue weighted by molar-refractivity contribution is 9.10. The predicted molar refractivity (Wildman–Crippen MR) is 153 cm³/mol. The number of halogens is 2. The molecule has 11 heteroatoms. The van der Waals surface area contributed by atoms with Gasteiger partial charge in [-0.2, -0.15) is 0 Å². The quantitative estimate of drug-likeness (QED) is 0.262. The average Bonchev–Trinajstić information content (AvgIpc) is 3.42. The zero-order valence-corrected chi connectivity index (χ0v) is 23.3. The summed E-state index contributed by atoms with van der Waals surface area (Å²) in [5.41, 5.74) is 3.07. The number of piperazine rings is 1. The number of hydrogen-bond acceptors (Lipinski definition) is 7. The standard InChI is InChI=1S/C27H23BrClN5O3S/c28-19-5-3-4-18(16-19)25-31-32-27(37-25)38-17-24(35)30-20-8-10-21(11-9-20)33-12-14-34(15-13-33)26(36)22-6-1-2-7-23(22)29/h1-11,16H,12-15,17H2,(H,30,35). The molecular weight excluding hydrogens is 590 g/mol. The Hall–Kier alpha value is -3.34. The number of aromatic nitrogens is 2. The van der Waals surface area contributed by atoms with Crippen molar-refractivity contribution in [3.8, 4) is 11.5 Å². The molecule has 0 atom stereocenters. The minimum atomic E-state index is -0.170. The number of anilines is 2. The summed E-state index contributed by atoms with van der Waals surface area (Å²) in [7, 11) is 0. The molecule has 1 N–H and O–H groups in total. The van der Waals surface area contributed by atoms with E-state index in [-0.39, 0.29) is 17.6 Å². The molecule has 1 aliphatic heterocycles. The van der Waals surface area contributed by atoms with Gasteiger partial charge in [0.2, 0.25) is 11.8 Å². The summed E-state index contributed by atoms with van der Waals surface area (Å²) in [6.45, 7) is 2.65. The Morgan fingerprint density at radius 2 is 1.74 bits per heavy atom. The van der Waals surface area contributed by atoms with Gasteiger partial charge in [-0.25, -0.2) is 0 Å². The number of carbonyl (C=O) groups is 2. The molecule has 0 unspecified atom stereocenters. The first-order chi connectivity index (χ1) is 18.5. The lowest BCUT2D eigenvalue weighted by molar-refractivity contribution is -0.113. The molecule has 1 aromatic heterocycles. The van der Waals surface area contributed by atoms with Crippen molar-refractivity contribution in [2.24, 2.45) is 0 Å². The summed E-state index contributed by atoms with van der Waals surface area (Å²) in [6, 6.07) is 22.4. The Morgan fingerprint density at radius 1 is 0.974 bits per heavy atom. The first-order valence-electron chi connectivity index (χ1n) is 11.9.